The van der Waals surface area contributed by atoms with Crippen molar-refractivity contribution < 1.29 is 14.6 Å². The van der Waals surface area contributed by atoms with Crippen LogP contribution >= 0.6 is 0 Å². The Morgan fingerprint density at radius 3 is 2.50 bits per heavy atom. The van der Waals surface area contributed by atoms with E-state index in [9.17, 15) is 9.90 Å². The molecule has 1 aliphatic rings. The monoisotopic (exact) mass is 276 g/mol. The van der Waals surface area contributed by atoms with E-state index >= 15 is 0 Å². The first-order chi connectivity index (χ1) is 9.47. The first kappa shape index (κ1) is 14.9. The maximum Gasteiger partial charge on any atom is 0.338 e. The third-order valence-corrected chi connectivity index (χ3v) is 4.32. The van der Waals surface area contributed by atoms with E-state index in [-0.39, 0.29) is 17.8 Å². The van der Waals surface area contributed by atoms with E-state index < -0.39 is 0 Å². The molecule has 0 aliphatic heterocycles. The predicted octanol–water partition coefficient (Wildman–Crippen LogP) is 4.01. The molecule has 0 aromatic heterocycles. The fourth-order valence-corrected chi connectivity index (χ4v) is 3.05. The third-order valence-electron chi connectivity index (χ3n) is 4.32. The van der Waals surface area contributed by atoms with Gasteiger partial charge in [-0.15, -0.1) is 0 Å². The average molecular weight is 276 g/mol. The number of carbonyl (C=O) groups excluding carboxylic acids is 1. The highest BCUT2D eigenvalue weighted by molar-refractivity contribution is 5.89. The summed E-state index contributed by atoms with van der Waals surface area (Å²) in [6, 6.07) is 6.24. The summed E-state index contributed by atoms with van der Waals surface area (Å²) in [5.41, 5.74) is 0.503. The summed E-state index contributed by atoms with van der Waals surface area (Å²) in [6.45, 7) is 6.61. The van der Waals surface area contributed by atoms with Gasteiger partial charge in [-0.1, -0.05) is 27.2 Å². The quantitative estimate of drug-likeness (QED) is 0.848. The number of ether oxygens (including phenoxy) is 1. The Labute approximate surface area is 121 Å². The minimum atomic E-state index is -0.283. The Kier molecular flexibility index (Phi) is 4.69. The maximum atomic E-state index is 12.2. The highest BCUT2D eigenvalue weighted by Crippen LogP contribution is 2.35. The molecule has 0 saturated heterocycles. The summed E-state index contributed by atoms with van der Waals surface area (Å²) in [5, 5.41) is 9.26. The standard InChI is InChI=1S/C17H24O3/c1-11(2)15-9-4-12(3)10-16(15)20-17(19)13-5-7-14(18)8-6-13/h5-8,11-12,15-16,18H,4,9-10H2,1-3H3. The molecule has 3 nitrogen and oxygen atoms in total. The molecule has 1 aromatic rings. The number of hydrogen-bond donors (Lipinski definition) is 1. The number of phenolic OH excluding ortho intramolecular Hbond substituents is 1. The fourth-order valence-electron chi connectivity index (χ4n) is 3.05. The molecule has 2 rings (SSSR count). The van der Waals surface area contributed by atoms with Crippen molar-refractivity contribution >= 4 is 5.97 Å². The number of aromatic hydroxyl groups is 1. The summed E-state index contributed by atoms with van der Waals surface area (Å²) in [5.74, 6) is 1.47. The van der Waals surface area contributed by atoms with Crippen molar-refractivity contribution in [1.82, 2.24) is 0 Å². The van der Waals surface area contributed by atoms with Gasteiger partial charge in [0.1, 0.15) is 11.9 Å². The van der Waals surface area contributed by atoms with E-state index in [0.29, 0.717) is 23.3 Å². The number of hydrogen-bond acceptors (Lipinski definition) is 3. The van der Waals surface area contributed by atoms with Crippen molar-refractivity contribution in [3.63, 3.8) is 0 Å². The van der Waals surface area contributed by atoms with Crippen LogP contribution in [0.25, 0.3) is 0 Å². The summed E-state index contributed by atoms with van der Waals surface area (Å²) in [6.07, 6.45) is 3.31. The molecular formula is C17H24O3. The third kappa shape index (κ3) is 3.53. The SMILES string of the molecule is CC1CCC(C(C)C)C(OC(=O)c2ccc(O)cc2)C1. The predicted molar refractivity (Wildman–Crippen MR) is 78.7 cm³/mol. The van der Waals surface area contributed by atoms with Crippen LogP contribution in [-0.4, -0.2) is 17.2 Å². The number of esters is 1. The van der Waals surface area contributed by atoms with Crippen LogP contribution in [0, 0.1) is 17.8 Å². The van der Waals surface area contributed by atoms with Gasteiger partial charge in [-0.05, 0) is 54.9 Å². The average Bonchev–Trinajstić information content (AvgIpc) is 2.39. The molecule has 0 radical (unpaired) electrons. The molecule has 3 unspecified atom stereocenters. The second-order valence-corrected chi connectivity index (χ2v) is 6.32. The molecule has 3 atom stereocenters. The van der Waals surface area contributed by atoms with E-state index in [1.165, 1.54) is 18.6 Å². The molecule has 0 spiro atoms. The molecule has 0 bridgehead atoms. The summed E-state index contributed by atoms with van der Waals surface area (Å²) in [7, 11) is 0. The zero-order valence-electron chi connectivity index (χ0n) is 12.5. The van der Waals surface area contributed by atoms with Crippen LogP contribution in [-0.2, 0) is 4.74 Å². The zero-order chi connectivity index (χ0) is 14.7. The topological polar surface area (TPSA) is 46.5 Å². The fraction of sp³-hybridized carbons (Fsp3) is 0.588. The molecule has 1 saturated carbocycles. The Balaban J connectivity index is 2.05. The lowest BCUT2D eigenvalue weighted by Gasteiger charge is -2.36. The summed E-state index contributed by atoms with van der Waals surface area (Å²) in [4.78, 5) is 12.2. The highest BCUT2D eigenvalue weighted by Gasteiger charge is 2.33. The smallest absolute Gasteiger partial charge is 0.338 e. The van der Waals surface area contributed by atoms with Crippen molar-refractivity contribution in [2.24, 2.45) is 17.8 Å². The first-order valence-corrected chi connectivity index (χ1v) is 7.47. The summed E-state index contributed by atoms with van der Waals surface area (Å²) < 4.78 is 5.74. The molecule has 20 heavy (non-hydrogen) atoms. The molecule has 1 fully saturated rings. The van der Waals surface area contributed by atoms with Crippen molar-refractivity contribution in [3.05, 3.63) is 29.8 Å². The van der Waals surface area contributed by atoms with Gasteiger partial charge in [0.2, 0.25) is 0 Å². The van der Waals surface area contributed by atoms with Crippen LogP contribution in [0.2, 0.25) is 0 Å². The lowest BCUT2D eigenvalue weighted by Crippen LogP contribution is -2.35. The van der Waals surface area contributed by atoms with E-state index in [1.807, 2.05) is 0 Å². The second-order valence-electron chi connectivity index (χ2n) is 6.32. The van der Waals surface area contributed by atoms with Gasteiger partial charge in [0.15, 0.2) is 0 Å². The highest BCUT2D eigenvalue weighted by atomic mass is 16.5. The minimum absolute atomic E-state index is 0.0139. The Morgan fingerprint density at radius 1 is 1.25 bits per heavy atom. The first-order valence-electron chi connectivity index (χ1n) is 7.47. The largest absolute Gasteiger partial charge is 0.508 e. The zero-order valence-corrected chi connectivity index (χ0v) is 12.5. The molecule has 3 heteroatoms. The molecule has 1 aromatic carbocycles. The second kappa shape index (κ2) is 6.29. The van der Waals surface area contributed by atoms with Crippen LogP contribution in [0.5, 0.6) is 5.75 Å². The number of rotatable bonds is 3. The van der Waals surface area contributed by atoms with Crippen LogP contribution in [0.15, 0.2) is 24.3 Å². The van der Waals surface area contributed by atoms with Crippen LogP contribution < -0.4 is 0 Å². The van der Waals surface area contributed by atoms with E-state index in [1.54, 1.807) is 12.1 Å². The van der Waals surface area contributed by atoms with Crippen LogP contribution in [0.3, 0.4) is 0 Å². The van der Waals surface area contributed by atoms with E-state index in [2.05, 4.69) is 20.8 Å². The van der Waals surface area contributed by atoms with Crippen molar-refractivity contribution in [2.45, 2.75) is 46.1 Å². The Bertz CT molecular complexity index is 450. The van der Waals surface area contributed by atoms with Crippen LogP contribution in [0.4, 0.5) is 0 Å². The van der Waals surface area contributed by atoms with Gasteiger partial charge < -0.3 is 9.84 Å². The molecular weight excluding hydrogens is 252 g/mol. The maximum absolute atomic E-state index is 12.2. The van der Waals surface area contributed by atoms with Gasteiger partial charge in [0.05, 0.1) is 5.56 Å². The van der Waals surface area contributed by atoms with Crippen LogP contribution in [0.1, 0.15) is 50.4 Å². The van der Waals surface area contributed by atoms with Crippen molar-refractivity contribution in [1.29, 1.82) is 0 Å². The van der Waals surface area contributed by atoms with Gasteiger partial charge in [0.25, 0.3) is 0 Å². The normalized spacial score (nSPS) is 26.5. The lowest BCUT2D eigenvalue weighted by molar-refractivity contribution is -0.0174. The minimum Gasteiger partial charge on any atom is -0.508 e. The van der Waals surface area contributed by atoms with Crippen molar-refractivity contribution in [2.75, 3.05) is 0 Å². The Morgan fingerprint density at radius 2 is 1.90 bits per heavy atom. The number of carbonyl (C=O) groups is 1. The number of phenols is 1. The number of benzene rings is 1. The molecule has 110 valence electrons. The van der Waals surface area contributed by atoms with Gasteiger partial charge >= 0.3 is 5.97 Å². The van der Waals surface area contributed by atoms with E-state index in [4.69, 9.17) is 4.74 Å². The molecule has 1 N–H and O–H groups in total. The summed E-state index contributed by atoms with van der Waals surface area (Å²) >= 11 is 0. The van der Waals surface area contributed by atoms with Gasteiger partial charge in [-0.2, -0.15) is 0 Å². The van der Waals surface area contributed by atoms with Crippen molar-refractivity contribution in [3.8, 4) is 5.75 Å². The van der Waals surface area contributed by atoms with Gasteiger partial charge in [0, 0.05) is 0 Å². The van der Waals surface area contributed by atoms with Gasteiger partial charge in [-0.25, -0.2) is 4.79 Å². The molecule has 0 amide bonds. The lowest BCUT2D eigenvalue weighted by atomic mass is 9.75. The Hall–Kier alpha value is -1.51. The molecule has 0 heterocycles. The van der Waals surface area contributed by atoms with Gasteiger partial charge in [-0.3, -0.25) is 0 Å². The van der Waals surface area contributed by atoms with E-state index in [0.717, 1.165) is 12.8 Å². The molecule has 1 aliphatic carbocycles.